The van der Waals surface area contributed by atoms with E-state index in [-0.39, 0.29) is 17.4 Å². The highest BCUT2D eigenvalue weighted by molar-refractivity contribution is 8.00. The van der Waals surface area contributed by atoms with E-state index in [1.54, 1.807) is 6.07 Å². The van der Waals surface area contributed by atoms with Crippen molar-refractivity contribution < 1.29 is 9.59 Å². The molecule has 1 amide bonds. The first-order chi connectivity index (χ1) is 11.1. The first kappa shape index (κ1) is 17.6. The van der Waals surface area contributed by atoms with Gasteiger partial charge in [-0.1, -0.05) is 54.1 Å². The van der Waals surface area contributed by atoms with Crippen LogP contribution in [0, 0.1) is 0 Å². The van der Waals surface area contributed by atoms with E-state index in [1.165, 1.54) is 18.7 Å². The van der Waals surface area contributed by atoms with E-state index >= 15 is 0 Å². The molecule has 120 valence electrons. The molecule has 1 atom stereocenters. The number of amides is 1. The molecule has 2 rings (SSSR count). The zero-order valence-electron chi connectivity index (χ0n) is 12.8. The Morgan fingerprint density at radius 2 is 1.74 bits per heavy atom. The minimum absolute atomic E-state index is 0.0510. The molecule has 2 aromatic carbocycles. The minimum atomic E-state index is -0.503. The van der Waals surface area contributed by atoms with Crippen LogP contribution in [0.1, 0.15) is 12.5 Å². The molecule has 3 nitrogen and oxygen atoms in total. The number of Topliss-reactive ketones (excluding diaryl/α,β-unsaturated/α-hetero) is 1. The molecular weight excluding hydrogens is 330 g/mol. The molecule has 0 heterocycles. The number of benzene rings is 2. The Hall–Kier alpha value is -1.78. The SMILES string of the molecule is CC(=O)C(Cc1ccccc1)NC(=O)CSc1ccccc1Cl. The van der Waals surface area contributed by atoms with Gasteiger partial charge in [0.1, 0.15) is 0 Å². The fourth-order valence-corrected chi connectivity index (χ4v) is 3.14. The van der Waals surface area contributed by atoms with Gasteiger partial charge in [-0.2, -0.15) is 0 Å². The number of hydrogen-bond acceptors (Lipinski definition) is 3. The maximum Gasteiger partial charge on any atom is 0.230 e. The lowest BCUT2D eigenvalue weighted by Crippen LogP contribution is -2.42. The van der Waals surface area contributed by atoms with Crippen LogP contribution in [0.2, 0.25) is 5.02 Å². The van der Waals surface area contributed by atoms with E-state index in [9.17, 15) is 9.59 Å². The van der Waals surface area contributed by atoms with Crippen molar-refractivity contribution in [3.8, 4) is 0 Å². The van der Waals surface area contributed by atoms with Gasteiger partial charge in [-0.05, 0) is 31.0 Å². The number of carbonyl (C=O) groups is 2. The number of hydrogen-bond donors (Lipinski definition) is 1. The molecule has 5 heteroatoms. The van der Waals surface area contributed by atoms with Gasteiger partial charge in [-0.3, -0.25) is 9.59 Å². The van der Waals surface area contributed by atoms with E-state index < -0.39 is 6.04 Å². The fourth-order valence-electron chi connectivity index (χ4n) is 2.09. The molecule has 0 aromatic heterocycles. The Morgan fingerprint density at radius 1 is 1.09 bits per heavy atom. The minimum Gasteiger partial charge on any atom is -0.345 e. The first-order valence-corrected chi connectivity index (χ1v) is 8.63. The van der Waals surface area contributed by atoms with Crippen molar-refractivity contribution in [3.05, 3.63) is 65.2 Å². The van der Waals surface area contributed by atoms with Crippen molar-refractivity contribution in [2.75, 3.05) is 5.75 Å². The fraction of sp³-hybridized carbons (Fsp3) is 0.222. The molecule has 2 aromatic rings. The van der Waals surface area contributed by atoms with Crippen LogP contribution >= 0.6 is 23.4 Å². The summed E-state index contributed by atoms with van der Waals surface area (Å²) in [5.41, 5.74) is 1.02. The largest absolute Gasteiger partial charge is 0.345 e. The van der Waals surface area contributed by atoms with E-state index in [1.807, 2.05) is 48.5 Å². The summed E-state index contributed by atoms with van der Waals surface area (Å²) >= 11 is 7.42. The van der Waals surface area contributed by atoms with Crippen LogP contribution in [0.3, 0.4) is 0 Å². The van der Waals surface area contributed by atoms with Crippen LogP contribution in [-0.2, 0) is 16.0 Å². The summed E-state index contributed by atoms with van der Waals surface area (Å²) in [5, 5.41) is 3.43. The van der Waals surface area contributed by atoms with Crippen LogP contribution in [0.4, 0.5) is 0 Å². The lowest BCUT2D eigenvalue weighted by molar-refractivity contribution is -0.125. The van der Waals surface area contributed by atoms with Gasteiger partial charge >= 0.3 is 0 Å². The van der Waals surface area contributed by atoms with Crippen LogP contribution in [-0.4, -0.2) is 23.5 Å². The highest BCUT2D eigenvalue weighted by atomic mass is 35.5. The van der Waals surface area contributed by atoms with E-state index in [4.69, 9.17) is 11.6 Å². The van der Waals surface area contributed by atoms with E-state index in [0.29, 0.717) is 11.4 Å². The van der Waals surface area contributed by atoms with Gasteiger partial charge < -0.3 is 5.32 Å². The molecule has 0 bridgehead atoms. The van der Waals surface area contributed by atoms with Crippen LogP contribution in [0.5, 0.6) is 0 Å². The van der Waals surface area contributed by atoms with Crippen molar-refractivity contribution in [3.63, 3.8) is 0 Å². The van der Waals surface area contributed by atoms with Gasteiger partial charge in [0, 0.05) is 4.90 Å². The molecule has 0 aliphatic heterocycles. The Balaban J connectivity index is 1.91. The third-order valence-electron chi connectivity index (χ3n) is 3.30. The van der Waals surface area contributed by atoms with Crippen molar-refractivity contribution in [1.29, 1.82) is 0 Å². The lowest BCUT2D eigenvalue weighted by atomic mass is 10.0. The number of halogens is 1. The second-order valence-corrected chi connectivity index (χ2v) is 6.56. The quantitative estimate of drug-likeness (QED) is 0.776. The summed E-state index contributed by atoms with van der Waals surface area (Å²) < 4.78 is 0. The Bertz CT molecular complexity index is 676. The number of rotatable bonds is 7. The van der Waals surface area contributed by atoms with Crippen LogP contribution < -0.4 is 5.32 Å². The molecule has 0 saturated heterocycles. The number of thioether (sulfide) groups is 1. The highest BCUT2D eigenvalue weighted by Crippen LogP contribution is 2.26. The van der Waals surface area contributed by atoms with Gasteiger partial charge in [0.25, 0.3) is 0 Å². The molecule has 0 fully saturated rings. The Morgan fingerprint density at radius 3 is 2.39 bits per heavy atom. The summed E-state index contributed by atoms with van der Waals surface area (Å²) in [5.74, 6) is -0.00142. The summed E-state index contributed by atoms with van der Waals surface area (Å²) in [6.07, 6.45) is 0.499. The van der Waals surface area contributed by atoms with Gasteiger partial charge in [0.15, 0.2) is 5.78 Å². The average molecular weight is 348 g/mol. The van der Waals surface area contributed by atoms with Gasteiger partial charge in [0.2, 0.25) is 5.91 Å². The third-order valence-corrected chi connectivity index (χ3v) is 4.82. The predicted molar refractivity (Wildman–Crippen MR) is 94.9 cm³/mol. The van der Waals surface area contributed by atoms with Gasteiger partial charge in [0.05, 0.1) is 16.8 Å². The zero-order chi connectivity index (χ0) is 16.7. The van der Waals surface area contributed by atoms with E-state index in [0.717, 1.165) is 10.5 Å². The second-order valence-electron chi connectivity index (χ2n) is 5.14. The molecule has 1 N–H and O–H groups in total. The molecule has 0 saturated carbocycles. The standard InChI is InChI=1S/C18H18ClNO2S/c1-13(21)16(11-14-7-3-2-4-8-14)20-18(22)12-23-17-10-6-5-9-15(17)19/h2-10,16H,11-12H2,1H3,(H,20,22). The van der Waals surface area contributed by atoms with Crippen LogP contribution in [0.15, 0.2) is 59.5 Å². The number of nitrogens with one attached hydrogen (secondary N) is 1. The molecule has 0 spiro atoms. The zero-order valence-corrected chi connectivity index (χ0v) is 14.4. The molecule has 1 unspecified atom stereocenters. The van der Waals surface area contributed by atoms with Crippen molar-refractivity contribution in [2.45, 2.75) is 24.3 Å². The van der Waals surface area contributed by atoms with Gasteiger partial charge in [-0.15, -0.1) is 11.8 Å². The smallest absolute Gasteiger partial charge is 0.230 e. The highest BCUT2D eigenvalue weighted by Gasteiger charge is 2.17. The summed E-state index contributed by atoms with van der Waals surface area (Å²) in [6.45, 7) is 1.50. The second kappa shape index (κ2) is 8.75. The summed E-state index contributed by atoms with van der Waals surface area (Å²) in [4.78, 5) is 24.7. The maximum absolute atomic E-state index is 12.1. The maximum atomic E-state index is 12.1. The first-order valence-electron chi connectivity index (χ1n) is 7.27. The van der Waals surface area contributed by atoms with Crippen molar-refractivity contribution in [1.82, 2.24) is 5.32 Å². The summed E-state index contributed by atoms with van der Waals surface area (Å²) in [7, 11) is 0. The predicted octanol–water partition coefficient (Wildman–Crippen LogP) is 3.75. The molecule has 0 aliphatic rings. The van der Waals surface area contributed by atoms with Crippen molar-refractivity contribution >= 4 is 35.1 Å². The van der Waals surface area contributed by atoms with Gasteiger partial charge in [-0.25, -0.2) is 0 Å². The topological polar surface area (TPSA) is 46.2 Å². The average Bonchev–Trinajstić information content (AvgIpc) is 2.54. The number of ketones is 1. The molecule has 23 heavy (non-hydrogen) atoms. The Labute approximate surface area is 145 Å². The Kier molecular flexibility index (Phi) is 6.68. The van der Waals surface area contributed by atoms with E-state index in [2.05, 4.69) is 5.32 Å². The summed E-state index contributed by atoms with van der Waals surface area (Å²) in [6, 6.07) is 16.5. The molecule has 0 radical (unpaired) electrons. The number of carbonyl (C=O) groups excluding carboxylic acids is 2. The molecular formula is C18H18ClNO2S. The normalized spacial score (nSPS) is 11.7. The monoisotopic (exact) mass is 347 g/mol. The lowest BCUT2D eigenvalue weighted by Gasteiger charge is -2.16. The van der Waals surface area contributed by atoms with Crippen molar-refractivity contribution in [2.24, 2.45) is 0 Å². The van der Waals surface area contributed by atoms with Crippen LogP contribution in [0.25, 0.3) is 0 Å². The molecule has 0 aliphatic carbocycles. The third kappa shape index (κ3) is 5.73.